The van der Waals surface area contributed by atoms with E-state index < -0.39 is 0 Å². The van der Waals surface area contributed by atoms with Crippen LogP contribution in [0.3, 0.4) is 0 Å². The molecule has 1 heterocycles. The minimum absolute atomic E-state index is 0.369. The predicted molar refractivity (Wildman–Crippen MR) is 85.6 cm³/mol. The predicted octanol–water partition coefficient (Wildman–Crippen LogP) is 5.25. The SMILES string of the molecule is CC(C)C(C)(C)CNC(c1cccs1)C1CCCC1. The van der Waals surface area contributed by atoms with E-state index in [4.69, 9.17) is 0 Å². The van der Waals surface area contributed by atoms with Gasteiger partial charge in [-0.25, -0.2) is 0 Å². The highest BCUT2D eigenvalue weighted by Gasteiger charge is 2.29. The maximum atomic E-state index is 3.90. The molecule has 0 amide bonds. The van der Waals surface area contributed by atoms with E-state index in [1.54, 1.807) is 0 Å². The molecule has 1 atom stereocenters. The number of hydrogen-bond donors (Lipinski definition) is 1. The molecule has 108 valence electrons. The molecule has 1 unspecified atom stereocenters. The summed E-state index contributed by atoms with van der Waals surface area (Å²) >= 11 is 1.91. The van der Waals surface area contributed by atoms with E-state index in [9.17, 15) is 0 Å². The zero-order valence-electron chi connectivity index (χ0n) is 12.9. The lowest BCUT2D eigenvalue weighted by Gasteiger charge is -2.33. The van der Waals surface area contributed by atoms with Crippen LogP contribution in [0.15, 0.2) is 17.5 Å². The fourth-order valence-electron chi connectivity index (χ4n) is 2.84. The number of rotatable bonds is 6. The van der Waals surface area contributed by atoms with E-state index in [0.29, 0.717) is 17.4 Å². The van der Waals surface area contributed by atoms with E-state index in [2.05, 4.69) is 50.5 Å². The van der Waals surface area contributed by atoms with Crippen LogP contribution >= 0.6 is 11.3 Å². The van der Waals surface area contributed by atoms with Crippen molar-refractivity contribution in [2.45, 2.75) is 59.4 Å². The summed E-state index contributed by atoms with van der Waals surface area (Å²) < 4.78 is 0. The van der Waals surface area contributed by atoms with Crippen LogP contribution in [0.1, 0.15) is 64.3 Å². The van der Waals surface area contributed by atoms with E-state index in [0.717, 1.165) is 12.5 Å². The van der Waals surface area contributed by atoms with Crippen molar-refractivity contribution in [3.05, 3.63) is 22.4 Å². The van der Waals surface area contributed by atoms with Crippen molar-refractivity contribution in [2.24, 2.45) is 17.3 Å². The molecule has 1 nitrogen and oxygen atoms in total. The van der Waals surface area contributed by atoms with Crippen molar-refractivity contribution in [2.75, 3.05) is 6.54 Å². The molecule has 19 heavy (non-hydrogen) atoms. The Morgan fingerprint density at radius 1 is 1.32 bits per heavy atom. The first-order valence-corrected chi connectivity index (χ1v) is 8.65. The van der Waals surface area contributed by atoms with Gasteiger partial charge in [0.15, 0.2) is 0 Å². The first-order valence-electron chi connectivity index (χ1n) is 7.77. The Labute approximate surface area is 122 Å². The van der Waals surface area contributed by atoms with Crippen molar-refractivity contribution < 1.29 is 0 Å². The van der Waals surface area contributed by atoms with Crippen LogP contribution in [-0.2, 0) is 0 Å². The quantitative estimate of drug-likeness (QED) is 0.750. The lowest BCUT2D eigenvalue weighted by molar-refractivity contribution is 0.214. The highest BCUT2D eigenvalue weighted by Crippen LogP contribution is 2.38. The van der Waals surface area contributed by atoms with E-state index in [-0.39, 0.29) is 0 Å². The molecule has 1 aromatic rings. The lowest BCUT2D eigenvalue weighted by Crippen LogP contribution is -2.37. The van der Waals surface area contributed by atoms with Crippen molar-refractivity contribution in [3.8, 4) is 0 Å². The maximum Gasteiger partial charge on any atom is 0.0443 e. The van der Waals surface area contributed by atoms with E-state index >= 15 is 0 Å². The summed E-state index contributed by atoms with van der Waals surface area (Å²) in [7, 11) is 0. The largest absolute Gasteiger partial charge is 0.308 e. The fourth-order valence-corrected chi connectivity index (χ4v) is 3.73. The second kappa shape index (κ2) is 6.41. The molecule has 0 saturated heterocycles. The second-order valence-electron chi connectivity index (χ2n) is 7.06. The van der Waals surface area contributed by atoms with Gasteiger partial charge in [-0.05, 0) is 41.5 Å². The third-order valence-corrected chi connectivity index (χ3v) is 6.02. The molecular weight excluding hydrogens is 250 g/mol. The van der Waals surface area contributed by atoms with Crippen LogP contribution in [0, 0.1) is 17.3 Å². The van der Waals surface area contributed by atoms with Crippen LogP contribution in [0.25, 0.3) is 0 Å². The average molecular weight is 279 g/mol. The molecule has 1 saturated carbocycles. The standard InChI is InChI=1S/C17H29NS/c1-13(2)17(3,4)12-18-16(14-8-5-6-9-14)15-10-7-11-19-15/h7,10-11,13-14,16,18H,5-6,8-9,12H2,1-4H3. The van der Waals surface area contributed by atoms with Crippen LogP contribution < -0.4 is 5.32 Å². The van der Waals surface area contributed by atoms with Gasteiger partial charge in [-0.2, -0.15) is 0 Å². The summed E-state index contributed by atoms with van der Waals surface area (Å²) in [5.41, 5.74) is 0.369. The van der Waals surface area contributed by atoms with Crippen molar-refractivity contribution >= 4 is 11.3 Å². The van der Waals surface area contributed by atoms with Crippen molar-refractivity contribution in [1.29, 1.82) is 0 Å². The Hall–Kier alpha value is -0.340. The van der Waals surface area contributed by atoms with Crippen LogP contribution in [0.5, 0.6) is 0 Å². The second-order valence-corrected chi connectivity index (χ2v) is 8.04. The molecule has 1 N–H and O–H groups in total. The summed E-state index contributed by atoms with van der Waals surface area (Å²) in [6, 6.07) is 5.08. The van der Waals surface area contributed by atoms with E-state index in [1.807, 2.05) is 11.3 Å². The van der Waals surface area contributed by atoms with Gasteiger partial charge in [0, 0.05) is 17.5 Å². The van der Waals surface area contributed by atoms with Gasteiger partial charge in [0.2, 0.25) is 0 Å². The van der Waals surface area contributed by atoms with Gasteiger partial charge >= 0.3 is 0 Å². The van der Waals surface area contributed by atoms with Gasteiger partial charge in [0.1, 0.15) is 0 Å². The summed E-state index contributed by atoms with van der Waals surface area (Å²) in [5, 5.41) is 6.11. The smallest absolute Gasteiger partial charge is 0.0443 e. The van der Waals surface area contributed by atoms with Gasteiger partial charge in [0.05, 0.1) is 0 Å². The van der Waals surface area contributed by atoms with Crippen LogP contribution in [0.4, 0.5) is 0 Å². The van der Waals surface area contributed by atoms with Crippen molar-refractivity contribution in [1.82, 2.24) is 5.32 Å². The summed E-state index contributed by atoms with van der Waals surface area (Å²) in [4.78, 5) is 1.53. The first-order chi connectivity index (χ1) is 9.00. The van der Waals surface area contributed by atoms with Gasteiger partial charge in [-0.1, -0.05) is 46.6 Å². The first kappa shape index (κ1) is 15.1. The Kier molecular flexibility index (Phi) is 5.08. The molecule has 1 aliphatic rings. The molecule has 2 heteroatoms. The Morgan fingerprint density at radius 2 is 2.00 bits per heavy atom. The topological polar surface area (TPSA) is 12.0 Å². The average Bonchev–Trinajstić information content (AvgIpc) is 3.00. The summed E-state index contributed by atoms with van der Waals surface area (Å²) in [6.07, 6.45) is 5.64. The minimum Gasteiger partial charge on any atom is -0.308 e. The fraction of sp³-hybridized carbons (Fsp3) is 0.765. The number of hydrogen-bond acceptors (Lipinski definition) is 2. The minimum atomic E-state index is 0.369. The Morgan fingerprint density at radius 3 is 2.53 bits per heavy atom. The molecule has 2 rings (SSSR count). The van der Waals surface area contributed by atoms with Gasteiger partial charge in [0.25, 0.3) is 0 Å². The third kappa shape index (κ3) is 3.82. The molecule has 0 bridgehead atoms. The van der Waals surface area contributed by atoms with Gasteiger partial charge in [-0.3, -0.25) is 0 Å². The monoisotopic (exact) mass is 279 g/mol. The Balaban J connectivity index is 2.02. The molecular formula is C17H29NS. The zero-order valence-corrected chi connectivity index (χ0v) is 13.7. The molecule has 1 aliphatic carbocycles. The number of thiophene rings is 1. The molecule has 0 spiro atoms. The van der Waals surface area contributed by atoms with E-state index in [1.165, 1.54) is 30.6 Å². The van der Waals surface area contributed by atoms with Crippen molar-refractivity contribution in [3.63, 3.8) is 0 Å². The highest BCUT2D eigenvalue weighted by molar-refractivity contribution is 7.10. The zero-order chi connectivity index (χ0) is 13.9. The maximum absolute atomic E-state index is 3.90. The highest BCUT2D eigenvalue weighted by atomic mass is 32.1. The molecule has 1 fully saturated rings. The summed E-state index contributed by atoms with van der Waals surface area (Å²) in [5.74, 6) is 1.56. The number of nitrogens with one attached hydrogen (secondary N) is 1. The molecule has 0 aliphatic heterocycles. The normalized spacial score (nSPS) is 19.2. The summed E-state index contributed by atoms with van der Waals surface area (Å²) in [6.45, 7) is 10.5. The third-order valence-electron chi connectivity index (χ3n) is 5.06. The molecule has 1 aromatic heterocycles. The van der Waals surface area contributed by atoms with Crippen LogP contribution in [0.2, 0.25) is 0 Å². The Bertz CT molecular complexity index is 361. The lowest BCUT2D eigenvalue weighted by atomic mass is 9.80. The van der Waals surface area contributed by atoms with Gasteiger partial charge < -0.3 is 5.32 Å². The van der Waals surface area contributed by atoms with Gasteiger partial charge in [-0.15, -0.1) is 11.3 Å². The molecule has 0 aromatic carbocycles. The molecule has 0 radical (unpaired) electrons. The van der Waals surface area contributed by atoms with Crippen LogP contribution in [-0.4, -0.2) is 6.54 Å².